The molecule has 1 aliphatic heterocycles. The number of quaternary nitrogens is 1. The van der Waals surface area contributed by atoms with E-state index < -0.39 is 21.3 Å². The third-order valence-electron chi connectivity index (χ3n) is 4.18. The minimum absolute atomic E-state index is 0.0950. The Kier molecular flexibility index (Phi) is 5.46. The van der Waals surface area contributed by atoms with Crippen LogP contribution in [0, 0.1) is 0 Å². The van der Waals surface area contributed by atoms with Crippen LogP contribution in [-0.2, 0) is 14.6 Å². The molecule has 1 saturated heterocycles. The van der Waals surface area contributed by atoms with E-state index in [4.69, 9.17) is 16.0 Å². The van der Waals surface area contributed by atoms with Gasteiger partial charge in [-0.1, -0.05) is 30.3 Å². The van der Waals surface area contributed by atoms with Gasteiger partial charge in [-0.2, -0.15) is 0 Å². The molecule has 1 aromatic heterocycles. The molecule has 2 aromatic rings. The summed E-state index contributed by atoms with van der Waals surface area (Å²) in [5, 5.41) is 4.00. The molecule has 0 unspecified atom stereocenters. The Bertz CT molecular complexity index is 808. The summed E-state index contributed by atoms with van der Waals surface area (Å²) < 4.78 is 28.7. The first-order chi connectivity index (χ1) is 11.9. The predicted molar refractivity (Wildman–Crippen MR) is 94.0 cm³/mol. The van der Waals surface area contributed by atoms with Crippen LogP contribution in [0.1, 0.15) is 17.4 Å². The minimum Gasteiger partial charge on any atom is -0.463 e. The Morgan fingerprint density at radius 3 is 2.60 bits per heavy atom. The third kappa shape index (κ3) is 4.62. The van der Waals surface area contributed by atoms with E-state index in [-0.39, 0.29) is 30.0 Å². The highest BCUT2D eigenvalue weighted by molar-refractivity contribution is 7.91. The van der Waals surface area contributed by atoms with Crippen molar-refractivity contribution in [3.8, 4) is 0 Å². The van der Waals surface area contributed by atoms with Crippen molar-refractivity contribution in [2.75, 3.05) is 18.1 Å². The van der Waals surface area contributed by atoms with Crippen molar-refractivity contribution in [3.05, 3.63) is 60.1 Å². The van der Waals surface area contributed by atoms with Gasteiger partial charge in [0.15, 0.2) is 28.2 Å². The van der Waals surface area contributed by atoms with E-state index >= 15 is 0 Å². The maximum absolute atomic E-state index is 12.2. The largest absolute Gasteiger partial charge is 0.463 e. The number of hydrogen-bond acceptors (Lipinski definition) is 4. The smallest absolute Gasteiger partial charge is 0.275 e. The molecule has 2 heterocycles. The first-order valence-electron chi connectivity index (χ1n) is 8.00. The molecular formula is C17H20ClN2O4S+. The second-order valence-electron chi connectivity index (χ2n) is 6.11. The Morgan fingerprint density at radius 2 is 2.00 bits per heavy atom. The number of benzene rings is 1. The average molecular weight is 384 g/mol. The molecule has 134 valence electrons. The van der Waals surface area contributed by atoms with E-state index in [0.29, 0.717) is 0 Å². The zero-order valence-corrected chi connectivity index (χ0v) is 15.0. The molecule has 1 aromatic carbocycles. The molecule has 0 radical (unpaired) electrons. The summed E-state index contributed by atoms with van der Waals surface area (Å²) in [7, 11) is -3.17. The van der Waals surface area contributed by atoms with Crippen LogP contribution < -0.4 is 10.6 Å². The molecule has 1 fully saturated rings. The molecule has 0 spiro atoms. The van der Waals surface area contributed by atoms with E-state index in [2.05, 4.69) is 5.32 Å². The Labute approximate surface area is 151 Å². The number of carbonyl (C=O) groups excluding carboxylic acids is 1. The first kappa shape index (κ1) is 18.0. The van der Waals surface area contributed by atoms with Crippen LogP contribution in [0.4, 0.5) is 0 Å². The van der Waals surface area contributed by atoms with Gasteiger partial charge in [0.05, 0.1) is 29.2 Å². The van der Waals surface area contributed by atoms with Crippen molar-refractivity contribution in [2.24, 2.45) is 0 Å². The van der Waals surface area contributed by atoms with Crippen LogP contribution in [0.15, 0.2) is 53.1 Å². The van der Waals surface area contributed by atoms with Crippen molar-refractivity contribution < 1.29 is 22.9 Å². The number of sulfone groups is 1. The monoisotopic (exact) mass is 383 g/mol. The normalized spacial score (nSPS) is 23.2. The summed E-state index contributed by atoms with van der Waals surface area (Å²) in [5.74, 6) is 0.299. The van der Waals surface area contributed by atoms with Crippen molar-refractivity contribution in [2.45, 2.75) is 17.5 Å². The van der Waals surface area contributed by atoms with Crippen LogP contribution >= 0.6 is 11.6 Å². The van der Waals surface area contributed by atoms with Gasteiger partial charge < -0.3 is 15.1 Å². The third-order valence-corrected chi connectivity index (χ3v) is 6.55. The Morgan fingerprint density at radius 1 is 1.24 bits per heavy atom. The number of halogens is 1. The summed E-state index contributed by atoms with van der Waals surface area (Å²) in [6, 6.07) is 12.7. The van der Waals surface area contributed by atoms with Crippen LogP contribution in [0.25, 0.3) is 0 Å². The molecule has 3 N–H and O–H groups in total. The molecular weight excluding hydrogens is 364 g/mol. The van der Waals surface area contributed by atoms with E-state index in [1.165, 1.54) is 0 Å². The molecule has 3 atom stereocenters. The molecule has 25 heavy (non-hydrogen) atoms. The molecule has 8 heteroatoms. The zero-order chi connectivity index (χ0) is 17.9. The van der Waals surface area contributed by atoms with Gasteiger partial charge in [0, 0.05) is 5.56 Å². The quantitative estimate of drug-likeness (QED) is 0.708. The van der Waals surface area contributed by atoms with E-state index in [1.54, 1.807) is 12.3 Å². The summed E-state index contributed by atoms with van der Waals surface area (Å²) >= 11 is 6.03. The lowest BCUT2D eigenvalue weighted by molar-refractivity contribution is -0.678. The highest BCUT2D eigenvalue weighted by Crippen LogP contribution is 2.19. The van der Waals surface area contributed by atoms with Crippen LogP contribution in [0.3, 0.4) is 0 Å². The Balaban J connectivity index is 1.63. The van der Waals surface area contributed by atoms with Gasteiger partial charge in [-0.15, -0.1) is 11.6 Å². The highest BCUT2D eigenvalue weighted by atomic mass is 35.5. The van der Waals surface area contributed by atoms with Crippen molar-refractivity contribution in [1.82, 2.24) is 5.32 Å². The van der Waals surface area contributed by atoms with Crippen molar-refractivity contribution >= 4 is 27.3 Å². The topological polar surface area (TPSA) is 93.0 Å². The van der Waals surface area contributed by atoms with Crippen LogP contribution in [0.5, 0.6) is 0 Å². The fourth-order valence-corrected chi connectivity index (χ4v) is 5.52. The van der Waals surface area contributed by atoms with Gasteiger partial charge in [-0.05, 0) is 12.1 Å². The van der Waals surface area contributed by atoms with Crippen molar-refractivity contribution in [1.29, 1.82) is 0 Å². The van der Waals surface area contributed by atoms with Gasteiger partial charge in [0.2, 0.25) is 0 Å². The molecule has 1 amide bonds. The zero-order valence-electron chi connectivity index (χ0n) is 13.5. The number of nitrogens with one attached hydrogen (secondary N) is 1. The predicted octanol–water partition coefficient (Wildman–Crippen LogP) is 0.453. The first-order valence-corrected chi connectivity index (χ1v) is 10.3. The number of furan rings is 1. The highest BCUT2D eigenvalue weighted by Gasteiger charge is 2.37. The van der Waals surface area contributed by atoms with Crippen LogP contribution in [0.2, 0.25) is 0 Å². The maximum Gasteiger partial charge on any atom is 0.275 e. The number of amides is 1. The lowest BCUT2D eigenvalue weighted by Crippen LogP contribution is -2.88. The molecule has 0 aliphatic carbocycles. The summed E-state index contributed by atoms with van der Waals surface area (Å²) in [6.07, 6.45) is 1.60. The number of rotatable bonds is 6. The number of alkyl halides is 1. The Hall–Kier alpha value is -1.83. The van der Waals surface area contributed by atoms with E-state index in [0.717, 1.165) is 11.3 Å². The van der Waals surface area contributed by atoms with E-state index in [9.17, 15) is 13.2 Å². The van der Waals surface area contributed by atoms with Crippen molar-refractivity contribution in [3.63, 3.8) is 0 Å². The average Bonchev–Trinajstić information content (AvgIpc) is 3.17. The molecule has 3 rings (SSSR count). The lowest BCUT2D eigenvalue weighted by atomic mass is 10.0. The fraction of sp³-hybridized carbons (Fsp3) is 0.353. The number of carbonyl (C=O) groups is 1. The molecule has 0 bridgehead atoms. The fourth-order valence-electron chi connectivity index (χ4n) is 2.97. The van der Waals surface area contributed by atoms with Gasteiger partial charge in [-0.3, -0.25) is 4.79 Å². The molecule has 0 saturated carbocycles. The summed E-state index contributed by atoms with van der Waals surface area (Å²) in [4.78, 5) is 12.2. The second kappa shape index (κ2) is 7.59. The SMILES string of the molecule is O=C(C[NH2+][C@H](c1ccccc1)c1ccco1)N[C@@H]1CS(=O)(=O)C[C@@H]1Cl. The standard InChI is InChI=1S/C17H19ClN2O4S/c18-13-10-25(22,23)11-14(13)20-16(21)9-19-17(15-7-4-8-24-15)12-5-2-1-3-6-12/h1-8,13-14,17,19H,9-11H2,(H,20,21)/p+1/t13-,14+,17+/m0/s1. The number of nitrogens with two attached hydrogens (primary N) is 1. The van der Waals surface area contributed by atoms with Gasteiger partial charge in [0.1, 0.15) is 0 Å². The summed E-state index contributed by atoms with van der Waals surface area (Å²) in [5.41, 5.74) is 1.02. The summed E-state index contributed by atoms with van der Waals surface area (Å²) in [6.45, 7) is 0.139. The van der Waals surface area contributed by atoms with Gasteiger partial charge >= 0.3 is 0 Å². The molecule has 1 aliphatic rings. The second-order valence-corrected chi connectivity index (χ2v) is 8.82. The molecule has 6 nitrogen and oxygen atoms in total. The van der Waals surface area contributed by atoms with E-state index in [1.807, 2.05) is 41.7 Å². The van der Waals surface area contributed by atoms with Gasteiger partial charge in [-0.25, -0.2) is 8.42 Å². The maximum atomic E-state index is 12.2. The van der Waals surface area contributed by atoms with Gasteiger partial charge in [0.25, 0.3) is 5.91 Å². The minimum atomic E-state index is -3.17. The lowest BCUT2D eigenvalue weighted by Gasteiger charge is -2.16. The number of hydrogen-bond donors (Lipinski definition) is 2. The van der Waals surface area contributed by atoms with Crippen LogP contribution in [-0.4, -0.2) is 43.8 Å².